The first-order chi connectivity index (χ1) is 8.85. The van der Waals surface area contributed by atoms with Crippen molar-refractivity contribution in [3.63, 3.8) is 0 Å². The number of nitrogens with one attached hydrogen (secondary N) is 1. The van der Waals surface area contributed by atoms with Crippen LogP contribution < -0.4 is 5.32 Å². The third-order valence-electron chi connectivity index (χ3n) is 5.18. The van der Waals surface area contributed by atoms with Crippen molar-refractivity contribution in [2.45, 2.75) is 38.5 Å². The molecule has 3 aliphatic rings. The Labute approximate surface area is 109 Å². The van der Waals surface area contributed by atoms with Gasteiger partial charge in [0.2, 0.25) is 0 Å². The predicted molar refractivity (Wildman–Crippen MR) is 75.6 cm³/mol. The van der Waals surface area contributed by atoms with E-state index < -0.39 is 0 Å². The first-order valence-electron chi connectivity index (χ1n) is 7.37. The Morgan fingerprint density at radius 3 is 2.61 bits per heavy atom. The van der Waals surface area contributed by atoms with E-state index in [1.54, 1.807) is 16.7 Å². The Hall–Kier alpha value is -1.08. The Kier molecular flexibility index (Phi) is 2.38. The molecule has 1 heteroatoms. The largest absolute Gasteiger partial charge is 0.316 e. The van der Waals surface area contributed by atoms with Gasteiger partial charge in [-0.3, -0.25) is 0 Å². The highest BCUT2D eigenvalue weighted by molar-refractivity contribution is 5.67. The second-order valence-corrected chi connectivity index (χ2v) is 6.37. The number of benzene rings is 1. The second kappa shape index (κ2) is 3.96. The molecule has 1 aromatic carbocycles. The Morgan fingerprint density at radius 1 is 1.00 bits per heavy atom. The monoisotopic (exact) mass is 239 g/mol. The maximum atomic E-state index is 3.43. The van der Waals surface area contributed by atoms with Gasteiger partial charge < -0.3 is 5.32 Å². The van der Waals surface area contributed by atoms with Crippen molar-refractivity contribution < 1.29 is 0 Å². The zero-order valence-electron chi connectivity index (χ0n) is 11.0. The van der Waals surface area contributed by atoms with E-state index in [0.717, 1.165) is 0 Å². The smallest absolute Gasteiger partial charge is 0.00233 e. The minimum absolute atomic E-state index is 0.625. The molecule has 94 valence electrons. The molecule has 0 bridgehead atoms. The van der Waals surface area contributed by atoms with Crippen molar-refractivity contribution in [2.75, 3.05) is 13.1 Å². The minimum atomic E-state index is 0.625. The summed E-state index contributed by atoms with van der Waals surface area (Å²) in [6.07, 6.45) is 10.4. The molecule has 2 aliphatic carbocycles. The summed E-state index contributed by atoms with van der Waals surface area (Å²) in [6.45, 7) is 2.47. The highest BCUT2D eigenvalue weighted by Crippen LogP contribution is 2.41. The molecule has 0 unspecified atom stereocenters. The summed E-state index contributed by atoms with van der Waals surface area (Å²) >= 11 is 0. The zero-order valence-corrected chi connectivity index (χ0v) is 11.0. The Bertz CT molecular complexity index is 508. The number of aryl methyl sites for hydroxylation is 2. The molecule has 1 saturated heterocycles. The number of fused-ring (bicyclic) bond motifs is 1. The summed E-state index contributed by atoms with van der Waals surface area (Å²) in [7, 11) is 0. The van der Waals surface area contributed by atoms with Crippen LogP contribution in [0.15, 0.2) is 24.3 Å². The number of hydrogen-bond donors (Lipinski definition) is 1. The number of hydrogen-bond acceptors (Lipinski definition) is 1. The molecule has 1 nitrogen and oxygen atoms in total. The van der Waals surface area contributed by atoms with Crippen LogP contribution in [0.3, 0.4) is 0 Å². The molecule has 0 atom stereocenters. The van der Waals surface area contributed by atoms with Crippen LogP contribution >= 0.6 is 0 Å². The molecule has 1 fully saturated rings. The SMILES string of the molecule is C1=C(c2ccc3c(c2)CCC3)CCC2(C1)CNC2. The maximum Gasteiger partial charge on any atom is 0.00233 e. The average Bonchev–Trinajstić information content (AvgIpc) is 2.84. The van der Waals surface area contributed by atoms with Crippen molar-refractivity contribution in [2.24, 2.45) is 5.41 Å². The van der Waals surface area contributed by atoms with Crippen LogP contribution in [0.25, 0.3) is 5.57 Å². The second-order valence-electron chi connectivity index (χ2n) is 6.37. The average molecular weight is 239 g/mol. The van der Waals surface area contributed by atoms with Gasteiger partial charge in [0.1, 0.15) is 0 Å². The molecule has 1 heterocycles. The number of allylic oxidation sites excluding steroid dienone is 2. The van der Waals surface area contributed by atoms with Crippen molar-refractivity contribution in [3.05, 3.63) is 41.0 Å². The summed E-state index contributed by atoms with van der Waals surface area (Å²) < 4.78 is 0. The highest BCUT2D eigenvalue weighted by atomic mass is 15.0. The van der Waals surface area contributed by atoms with Gasteiger partial charge in [0.25, 0.3) is 0 Å². The Morgan fingerprint density at radius 2 is 1.89 bits per heavy atom. The van der Waals surface area contributed by atoms with Crippen LogP contribution in [0.4, 0.5) is 0 Å². The van der Waals surface area contributed by atoms with Crippen LogP contribution in [0.1, 0.15) is 42.4 Å². The molecule has 0 amide bonds. The minimum Gasteiger partial charge on any atom is -0.316 e. The van der Waals surface area contributed by atoms with Gasteiger partial charge in [-0.15, -0.1) is 0 Å². The molecule has 1 aliphatic heterocycles. The molecular weight excluding hydrogens is 218 g/mol. The van der Waals surface area contributed by atoms with Crippen molar-refractivity contribution in [1.29, 1.82) is 0 Å². The first-order valence-corrected chi connectivity index (χ1v) is 7.37. The molecule has 0 saturated carbocycles. The van der Waals surface area contributed by atoms with Gasteiger partial charge in [-0.1, -0.05) is 24.3 Å². The number of rotatable bonds is 1. The van der Waals surface area contributed by atoms with E-state index in [9.17, 15) is 0 Å². The van der Waals surface area contributed by atoms with Gasteiger partial charge >= 0.3 is 0 Å². The molecule has 0 radical (unpaired) electrons. The summed E-state index contributed by atoms with van der Waals surface area (Å²) in [4.78, 5) is 0. The third-order valence-corrected chi connectivity index (χ3v) is 5.18. The maximum absolute atomic E-state index is 3.43. The topological polar surface area (TPSA) is 12.0 Å². The van der Waals surface area contributed by atoms with E-state index in [1.165, 1.54) is 57.2 Å². The van der Waals surface area contributed by atoms with E-state index in [-0.39, 0.29) is 0 Å². The molecule has 0 aromatic heterocycles. The Balaban J connectivity index is 1.60. The van der Waals surface area contributed by atoms with E-state index in [2.05, 4.69) is 29.6 Å². The fraction of sp³-hybridized carbons (Fsp3) is 0.529. The molecule has 1 spiro atoms. The lowest BCUT2D eigenvalue weighted by Crippen LogP contribution is -2.53. The molecule has 4 rings (SSSR count). The van der Waals surface area contributed by atoms with Crippen LogP contribution in [0.5, 0.6) is 0 Å². The van der Waals surface area contributed by atoms with Crippen molar-refractivity contribution in [1.82, 2.24) is 5.32 Å². The molecule has 1 N–H and O–H groups in total. The summed E-state index contributed by atoms with van der Waals surface area (Å²) in [6, 6.07) is 7.19. The van der Waals surface area contributed by atoms with Crippen LogP contribution in [-0.4, -0.2) is 13.1 Å². The normalized spacial score (nSPS) is 24.6. The van der Waals surface area contributed by atoms with Gasteiger partial charge in [-0.2, -0.15) is 0 Å². The fourth-order valence-electron chi connectivity index (χ4n) is 3.78. The third kappa shape index (κ3) is 1.65. The van der Waals surface area contributed by atoms with Crippen LogP contribution in [-0.2, 0) is 12.8 Å². The van der Waals surface area contributed by atoms with Crippen molar-refractivity contribution >= 4 is 5.57 Å². The standard InChI is InChI=1S/C17H21N/c1-2-13-4-5-16(10-15(13)3-1)14-6-8-17(9-7-14)11-18-12-17/h4-6,10,18H,1-3,7-9,11-12H2. The van der Waals surface area contributed by atoms with Gasteiger partial charge in [0.05, 0.1) is 0 Å². The molecular formula is C17H21N. The lowest BCUT2D eigenvalue weighted by atomic mass is 9.70. The predicted octanol–water partition coefficient (Wildman–Crippen LogP) is 3.33. The van der Waals surface area contributed by atoms with Gasteiger partial charge in [-0.05, 0) is 66.2 Å². The first kappa shape index (κ1) is 10.8. The zero-order chi connectivity index (χ0) is 12.0. The van der Waals surface area contributed by atoms with Gasteiger partial charge in [0, 0.05) is 13.1 Å². The lowest BCUT2D eigenvalue weighted by molar-refractivity contribution is 0.153. The van der Waals surface area contributed by atoms with Crippen LogP contribution in [0.2, 0.25) is 0 Å². The molecule has 18 heavy (non-hydrogen) atoms. The van der Waals surface area contributed by atoms with E-state index in [4.69, 9.17) is 0 Å². The van der Waals surface area contributed by atoms with Gasteiger partial charge in [0.15, 0.2) is 0 Å². The quantitative estimate of drug-likeness (QED) is 0.792. The molecule has 1 aromatic rings. The van der Waals surface area contributed by atoms with Crippen molar-refractivity contribution in [3.8, 4) is 0 Å². The van der Waals surface area contributed by atoms with Crippen LogP contribution in [0, 0.1) is 5.41 Å². The fourth-order valence-corrected chi connectivity index (χ4v) is 3.78. The highest BCUT2D eigenvalue weighted by Gasteiger charge is 2.37. The van der Waals surface area contributed by atoms with E-state index in [1.807, 2.05) is 0 Å². The summed E-state index contributed by atoms with van der Waals surface area (Å²) in [5.41, 5.74) is 6.93. The van der Waals surface area contributed by atoms with E-state index in [0.29, 0.717) is 5.41 Å². The lowest BCUT2D eigenvalue weighted by Gasteiger charge is -2.45. The van der Waals surface area contributed by atoms with Gasteiger partial charge in [-0.25, -0.2) is 0 Å². The summed E-state index contributed by atoms with van der Waals surface area (Å²) in [5.74, 6) is 0. The summed E-state index contributed by atoms with van der Waals surface area (Å²) in [5, 5.41) is 3.43. The van der Waals surface area contributed by atoms with E-state index >= 15 is 0 Å².